The summed E-state index contributed by atoms with van der Waals surface area (Å²) in [5.41, 5.74) is 16.0. The van der Waals surface area contributed by atoms with E-state index in [-0.39, 0.29) is 5.41 Å². The van der Waals surface area contributed by atoms with Gasteiger partial charge in [-0.15, -0.1) is 0 Å². The molecular formula is C53H35N3O. The van der Waals surface area contributed by atoms with E-state index in [0.29, 0.717) is 11.4 Å². The maximum absolute atomic E-state index is 6.70. The Kier molecular flexibility index (Phi) is 6.65. The van der Waals surface area contributed by atoms with Crippen LogP contribution in [0.15, 0.2) is 180 Å². The number of hydrogen-bond acceptors (Lipinski definition) is 3. The standard InChI is InChI=1S/C53H35N3O/c1-53(2)44-18-10-8-16-39(44)41-28-36(22-26-45(41)53)37-23-27-48-43(30-37)50-51(57-48)49(54-52(55-50)33-12-4-3-5-13-33)32-20-24-38(25-21-32)56-46-19-11-9-17-40(46)42-29-34-14-6-7-15-35(34)31-47(42)56/h3-31H,1-2H3. The molecule has 0 unspecified atom stereocenters. The van der Waals surface area contributed by atoms with Gasteiger partial charge < -0.3 is 8.98 Å². The summed E-state index contributed by atoms with van der Waals surface area (Å²) < 4.78 is 9.06. The summed E-state index contributed by atoms with van der Waals surface area (Å²) in [6.07, 6.45) is 0. The van der Waals surface area contributed by atoms with Crippen molar-refractivity contribution in [2.45, 2.75) is 19.3 Å². The lowest BCUT2D eigenvalue weighted by Crippen LogP contribution is -2.14. The molecule has 0 spiro atoms. The highest BCUT2D eigenvalue weighted by atomic mass is 16.3. The number of nitrogens with zero attached hydrogens (tertiary/aromatic N) is 3. The van der Waals surface area contributed by atoms with Gasteiger partial charge in [-0.25, -0.2) is 9.97 Å². The van der Waals surface area contributed by atoms with E-state index < -0.39 is 0 Å². The van der Waals surface area contributed by atoms with Crippen LogP contribution in [0.1, 0.15) is 25.0 Å². The molecule has 0 radical (unpaired) electrons. The summed E-state index contributed by atoms with van der Waals surface area (Å²) in [7, 11) is 0. The fourth-order valence-electron chi connectivity index (χ4n) is 9.34. The first-order valence-corrected chi connectivity index (χ1v) is 19.6. The number of hydrogen-bond donors (Lipinski definition) is 0. The Bertz CT molecular complexity index is 3420. The van der Waals surface area contributed by atoms with E-state index in [2.05, 4.69) is 176 Å². The van der Waals surface area contributed by atoms with Crippen molar-refractivity contribution in [2.24, 2.45) is 0 Å². The molecule has 11 aromatic rings. The highest BCUT2D eigenvalue weighted by Crippen LogP contribution is 2.50. The summed E-state index contributed by atoms with van der Waals surface area (Å²) >= 11 is 0. The number of rotatable bonds is 4. The molecule has 0 aliphatic heterocycles. The monoisotopic (exact) mass is 729 g/mol. The third-order valence-corrected chi connectivity index (χ3v) is 12.2. The van der Waals surface area contributed by atoms with Crippen molar-refractivity contribution in [2.75, 3.05) is 0 Å². The van der Waals surface area contributed by atoms with Gasteiger partial charge in [-0.1, -0.05) is 141 Å². The summed E-state index contributed by atoms with van der Waals surface area (Å²) in [6.45, 7) is 4.64. The lowest BCUT2D eigenvalue weighted by molar-refractivity contribution is 0.660. The third-order valence-electron chi connectivity index (χ3n) is 12.2. The van der Waals surface area contributed by atoms with Gasteiger partial charge in [0.25, 0.3) is 0 Å². The van der Waals surface area contributed by atoms with Crippen LogP contribution in [0.3, 0.4) is 0 Å². The van der Waals surface area contributed by atoms with E-state index in [0.717, 1.165) is 44.6 Å². The molecule has 0 amide bonds. The van der Waals surface area contributed by atoms with Crippen molar-refractivity contribution in [3.8, 4) is 50.6 Å². The SMILES string of the molecule is CC1(C)c2ccccc2-c2cc(-c3ccc4oc5c(-c6ccc(-n7c8ccccc8c8cc9ccccc9cc87)cc6)nc(-c6ccccc6)nc5c4c3)ccc21. The summed E-state index contributed by atoms with van der Waals surface area (Å²) in [4.78, 5) is 10.4. The number of furan rings is 1. The number of aromatic nitrogens is 3. The van der Waals surface area contributed by atoms with Gasteiger partial charge in [0.2, 0.25) is 0 Å². The lowest BCUT2D eigenvalue weighted by Gasteiger charge is -2.21. The Balaban J connectivity index is 1.02. The molecule has 0 N–H and O–H groups in total. The van der Waals surface area contributed by atoms with Crippen LogP contribution in [-0.4, -0.2) is 14.5 Å². The lowest BCUT2D eigenvalue weighted by atomic mass is 9.82. The number of benzene rings is 8. The second-order valence-electron chi connectivity index (χ2n) is 15.8. The largest absolute Gasteiger partial charge is 0.452 e. The molecule has 0 atom stereocenters. The zero-order valence-corrected chi connectivity index (χ0v) is 31.5. The first-order valence-electron chi connectivity index (χ1n) is 19.6. The first kappa shape index (κ1) is 32.0. The van der Waals surface area contributed by atoms with Crippen LogP contribution in [0.2, 0.25) is 0 Å². The quantitative estimate of drug-likeness (QED) is 0.181. The molecule has 12 rings (SSSR count). The molecule has 0 saturated carbocycles. The molecule has 1 aliphatic rings. The molecule has 8 aromatic carbocycles. The second kappa shape index (κ2) is 11.8. The minimum atomic E-state index is -0.0348. The molecule has 4 nitrogen and oxygen atoms in total. The predicted molar refractivity (Wildman–Crippen MR) is 235 cm³/mol. The van der Waals surface area contributed by atoms with Crippen molar-refractivity contribution in [3.05, 3.63) is 187 Å². The van der Waals surface area contributed by atoms with E-state index in [4.69, 9.17) is 14.4 Å². The fourth-order valence-corrected chi connectivity index (χ4v) is 9.34. The maximum Gasteiger partial charge on any atom is 0.180 e. The average Bonchev–Trinajstić information content (AvgIpc) is 3.87. The minimum Gasteiger partial charge on any atom is -0.452 e. The van der Waals surface area contributed by atoms with Gasteiger partial charge in [0.1, 0.15) is 16.8 Å². The number of fused-ring (bicyclic) bond motifs is 10. The van der Waals surface area contributed by atoms with Crippen molar-refractivity contribution in [3.63, 3.8) is 0 Å². The van der Waals surface area contributed by atoms with Gasteiger partial charge in [-0.3, -0.25) is 0 Å². The Labute approximate surface area is 329 Å². The van der Waals surface area contributed by atoms with Gasteiger partial charge in [-0.05, 0) is 92.7 Å². The topological polar surface area (TPSA) is 43.9 Å². The third kappa shape index (κ3) is 4.74. The van der Waals surface area contributed by atoms with Gasteiger partial charge in [0.05, 0.1) is 11.0 Å². The minimum absolute atomic E-state index is 0.0348. The van der Waals surface area contributed by atoms with Crippen LogP contribution in [0.4, 0.5) is 0 Å². The van der Waals surface area contributed by atoms with Crippen LogP contribution in [0.25, 0.3) is 105 Å². The Morgan fingerprint density at radius 1 is 0.474 bits per heavy atom. The zero-order valence-electron chi connectivity index (χ0n) is 31.5. The highest BCUT2D eigenvalue weighted by molar-refractivity contribution is 6.14. The van der Waals surface area contributed by atoms with Crippen LogP contribution >= 0.6 is 0 Å². The molecule has 4 heteroatoms. The molecular weight excluding hydrogens is 695 g/mol. The molecule has 3 heterocycles. The normalized spacial score (nSPS) is 13.2. The molecule has 0 bridgehead atoms. The predicted octanol–water partition coefficient (Wildman–Crippen LogP) is 13.9. The molecule has 0 fully saturated rings. The van der Waals surface area contributed by atoms with Crippen molar-refractivity contribution < 1.29 is 4.42 Å². The summed E-state index contributed by atoms with van der Waals surface area (Å²) in [5, 5.41) is 5.92. The van der Waals surface area contributed by atoms with Crippen LogP contribution < -0.4 is 0 Å². The van der Waals surface area contributed by atoms with Gasteiger partial charge >= 0.3 is 0 Å². The summed E-state index contributed by atoms with van der Waals surface area (Å²) in [5.74, 6) is 0.668. The van der Waals surface area contributed by atoms with E-state index >= 15 is 0 Å². The second-order valence-corrected chi connectivity index (χ2v) is 15.8. The van der Waals surface area contributed by atoms with Crippen LogP contribution in [-0.2, 0) is 5.41 Å². The van der Waals surface area contributed by atoms with Crippen molar-refractivity contribution in [1.82, 2.24) is 14.5 Å². The van der Waals surface area contributed by atoms with E-state index in [1.807, 2.05) is 18.2 Å². The van der Waals surface area contributed by atoms with Crippen LogP contribution in [0.5, 0.6) is 0 Å². The maximum atomic E-state index is 6.70. The Morgan fingerprint density at radius 2 is 1.16 bits per heavy atom. The van der Waals surface area contributed by atoms with Crippen LogP contribution in [0, 0.1) is 0 Å². The molecule has 0 saturated heterocycles. The summed E-state index contributed by atoms with van der Waals surface area (Å²) in [6, 6.07) is 63.0. The molecule has 268 valence electrons. The van der Waals surface area contributed by atoms with Gasteiger partial charge in [-0.2, -0.15) is 0 Å². The first-order chi connectivity index (χ1) is 28.0. The van der Waals surface area contributed by atoms with E-state index in [9.17, 15) is 0 Å². The molecule has 3 aromatic heterocycles. The average molecular weight is 730 g/mol. The molecule has 1 aliphatic carbocycles. The van der Waals surface area contributed by atoms with Gasteiger partial charge in [0, 0.05) is 38.4 Å². The van der Waals surface area contributed by atoms with Crippen molar-refractivity contribution >= 4 is 54.6 Å². The Hall–Kier alpha value is -7.30. The van der Waals surface area contributed by atoms with E-state index in [1.165, 1.54) is 60.4 Å². The van der Waals surface area contributed by atoms with E-state index in [1.54, 1.807) is 0 Å². The van der Waals surface area contributed by atoms with Gasteiger partial charge in [0.15, 0.2) is 11.4 Å². The zero-order chi connectivity index (χ0) is 37.8. The Morgan fingerprint density at radius 3 is 2.02 bits per heavy atom. The smallest absolute Gasteiger partial charge is 0.180 e. The molecule has 57 heavy (non-hydrogen) atoms. The van der Waals surface area contributed by atoms with Crippen molar-refractivity contribution in [1.29, 1.82) is 0 Å². The highest BCUT2D eigenvalue weighted by Gasteiger charge is 2.35. The number of para-hydroxylation sites is 1. The fraction of sp³-hybridized carbons (Fsp3) is 0.0566.